The zero-order valence-electron chi connectivity index (χ0n) is 9.35. The topological polar surface area (TPSA) is 46.2 Å². The second kappa shape index (κ2) is 4.85. The summed E-state index contributed by atoms with van der Waals surface area (Å²) in [7, 11) is -0.799. The molecule has 0 radical (unpaired) electrons. The second-order valence-corrected chi connectivity index (χ2v) is 7.55. The van der Waals surface area contributed by atoms with Crippen LogP contribution in [0.1, 0.15) is 23.8 Å². The fourth-order valence-electron chi connectivity index (χ4n) is 2.32. The van der Waals surface area contributed by atoms with Gasteiger partial charge in [-0.1, -0.05) is 6.07 Å². The molecule has 1 N–H and O–H groups in total. The van der Waals surface area contributed by atoms with Gasteiger partial charge >= 0.3 is 0 Å². The SMILES string of the molecule is CNC(c1cccs1)C1CCS(=O)(=O)CC1. The van der Waals surface area contributed by atoms with E-state index >= 15 is 0 Å². The van der Waals surface area contributed by atoms with E-state index in [1.807, 2.05) is 13.1 Å². The van der Waals surface area contributed by atoms with Crippen molar-refractivity contribution >= 4 is 21.2 Å². The van der Waals surface area contributed by atoms with E-state index in [1.54, 1.807) is 11.3 Å². The van der Waals surface area contributed by atoms with Crippen molar-refractivity contribution in [2.45, 2.75) is 18.9 Å². The third-order valence-corrected chi connectivity index (χ3v) is 5.90. The molecule has 1 saturated heterocycles. The molecule has 1 aromatic rings. The van der Waals surface area contributed by atoms with Crippen molar-refractivity contribution in [3.63, 3.8) is 0 Å². The fourth-order valence-corrected chi connectivity index (χ4v) is 4.78. The molecule has 1 fully saturated rings. The van der Waals surface area contributed by atoms with Crippen molar-refractivity contribution < 1.29 is 8.42 Å². The van der Waals surface area contributed by atoms with Crippen molar-refractivity contribution in [1.29, 1.82) is 0 Å². The van der Waals surface area contributed by atoms with Gasteiger partial charge in [-0.05, 0) is 37.3 Å². The van der Waals surface area contributed by atoms with Crippen LogP contribution in [0.2, 0.25) is 0 Å². The average molecular weight is 259 g/mol. The summed E-state index contributed by atoms with van der Waals surface area (Å²) in [6.45, 7) is 0. The Bertz CT molecular complexity index is 411. The number of thiophene rings is 1. The zero-order chi connectivity index (χ0) is 11.6. The highest BCUT2D eigenvalue weighted by Gasteiger charge is 2.29. The van der Waals surface area contributed by atoms with Gasteiger partial charge in [-0.25, -0.2) is 8.42 Å². The molecule has 2 rings (SSSR count). The molecule has 2 heterocycles. The van der Waals surface area contributed by atoms with Crippen molar-refractivity contribution in [3.05, 3.63) is 22.4 Å². The summed E-state index contributed by atoms with van der Waals surface area (Å²) in [6.07, 6.45) is 1.57. The first kappa shape index (κ1) is 12.1. The van der Waals surface area contributed by atoms with Gasteiger partial charge < -0.3 is 5.32 Å². The molecule has 1 aliphatic rings. The minimum Gasteiger partial charge on any atom is -0.312 e. The summed E-state index contributed by atoms with van der Waals surface area (Å²) >= 11 is 1.74. The Morgan fingerprint density at radius 2 is 2.12 bits per heavy atom. The molecule has 1 atom stereocenters. The van der Waals surface area contributed by atoms with Crippen LogP contribution in [0.3, 0.4) is 0 Å². The number of rotatable bonds is 3. The summed E-state index contributed by atoms with van der Waals surface area (Å²) in [5, 5.41) is 5.39. The molecule has 1 unspecified atom stereocenters. The van der Waals surface area contributed by atoms with E-state index in [9.17, 15) is 8.42 Å². The quantitative estimate of drug-likeness (QED) is 0.901. The molecule has 0 bridgehead atoms. The number of hydrogen-bond acceptors (Lipinski definition) is 4. The molecular weight excluding hydrogens is 242 g/mol. The summed E-state index contributed by atoms with van der Waals surface area (Å²) in [4.78, 5) is 1.31. The highest BCUT2D eigenvalue weighted by molar-refractivity contribution is 7.91. The van der Waals surface area contributed by atoms with Crippen molar-refractivity contribution in [1.82, 2.24) is 5.32 Å². The highest BCUT2D eigenvalue weighted by Crippen LogP contribution is 2.33. The number of sulfone groups is 1. The summed E-state index contributed by atoms with van der Waals surface area (Å²) in [5.41, 5.74) is 0. The van der Waals surface area contributed by atoms with Crippen LogP contribution >= 0.6 is 11.3 Å². The van der Waals surface area contributed by atoms with Crippen LogP contribution in [0.5, 0.6) is 0 Å². The van der Waals surface area contributed by atoms with E-state index < -0.39 is 9.84 Å². The van der Waals surface area contributed by atoms with Gasteiger partial charge in [-0.15, -0.1) is 11.3 Å². The second-order valence-electron chi connectivity index (χ2n) is 4.27. The van der Waals surface area contributed by atoms with Gasteiger partial charge in [-0.3, -0.25) is 0 Å². The maximum absolute atomic E-state index is 11.4. The number of hydrogen-bond donors (Lipinski definition) is 1. The van der Waals surface area contributed by atoms with Crippen LogP contribution < -0.4 is 5.32 Å². The molecule has 3 nitrogen and oxygen atoms in total. The monoisotopic (exact) mass is 259 g/mol. The van der Waals surface area contributed by atoms with Gasteiger partial charge in [0.1, 0.15) is 9.84 Å². The van der Waals surface area contributed by atoms with E-state index in [4.69, 9.17) is 0 Å². The molecule has 0 saturated carbocycles. The lowest BCUT2D eigenvalue weighted by molar-refractivity contribution is 0.354. The maximum Gasteiger partial charge on any atom is 0.150 e. The van der Waals surface area contributed by atoms with Crippen LogP contribution in [-0.4, -0.2) is 27.0 Å². The Balaban J connectivity index is 2.07. The summed E-state index contributed by atoms with van der Waals surface area (Å²) in [5.74, 6) is 1.15. The van der Waals surface area contributed by atoms with Crippen molar-refractivity contribution in [2.75, 3.05) is 18.6 Å². The van der Waals surface area contributed by atoms with E-state index in [-0.39, 0.29) is 0 Å². The van der Waals surface area contributed by atoms with E-state index in [1.165, 1.54) is 4.88 Å². The molecule has 90 valence electrons. The van der Waals surface area contributed by atoms with Crippen LogP contribution in [0.15, 0.2) is 17.5 Å². The average Bonchev–Trinajstić information content (AvgIpc) is 2.75. The normalized spacial score (nSPS) is 23.1. The molecule has 0 aromatic carbocycles. The Kier molecular flexibility index (Phi) is 3.66. The standard InChI is InChI=1S/C11H17NO2S2/c1-12-11(10-3-2-6-15-10)9-4-7-16(13,14)8-5-9/h2-3,6,9,11-12H,4-5,7-8H2,1H3. The Morgan fingerprint density at radius 3 is 2.62 bits per heavy atom. The Labute approximate surface area is 101 Å². The lowest BCUT2D eigenvalue weighted by atomic mass is 9.93. The first-order valence-electron chi connectivity index (χ1n) is 5.53. The molecule has 1 aromatic heterocycles. The molecule has 0 spiro atoms. The Hall–Kier alpha value is -0.390. The predicted molar refractivity (Wildman–Crippen MR) is 67.5 cm³/mol. The van der Waals surface area contributed by atoms with Gasteiger partial charge in [0.2, 0.25) is 0 Å². The van der Waals surface area contributed by atoms with E-state index in [0.717, 1.165) is 12.8 Å². The van der Waals surface area contributed by atoms with E-state index in [2.05, 4.69) is 16.8 Å². The van der Waals surface area contributed by atoms with Crippen molar-refractivity contribution in [3.8, 4) is 0 Å². The van der Waals surface area contributed by atoms with Crippen LogP contribution in [0.4, 0.5) is 0 Å². The zero-order valence-corrected chi connectivity index (χ0v) is 11.0. The number of nitrogens with one attached hydrogen (secondary N) is 1. The van der Waals surface area contributed by atoms with Gasteiger partial charge in [0.25, 0.3) is 0 Å². The van der Waals surface area contributed by atoms with Gasteiger partial charge in [0, 0.05) is 10.9 Å². The van der Waals surface area contributed by atoms with E-state index in [0.29, 0.717) is 23.5 Å². The molecule has 0 aliphatic carbocycles. The maximum atomic E-state index is 11.4. The molecular formula is C11H17NO2S2. The first-order valence-corrected chi connectivity index (χ1v) is 8.23. The first-order chi connectivity index (χ1) is 7.62. The predicted octanol–water partition coefficient (Wildman–Crippen LogP) is 1.83. The van der Waals surface area contributed by atoms with Crippen LogP contribution in [0.25, 0.3) is 0 Å². The van der Waals surface area contributed by atoms with Gasteiger partial charge in [-0.2, -0.15) is 0 Å². The Morgan fingerprint density at radius 1 is 1.44 bits per heavy atom. The molecule has 1 aliphatic heterocycles. The summed E-state index contributed by atoms with van der Waals surface area (Å²) in [6, 6.07) is 4.48. The largest absolute Gasteiger partial charge is 0.312 e. The minimum absolute atomic E-state index is 0.315. The molecule has 5 heteroatoms. The highest BCUT2D eigenvalue weighted by atomic mass is 32.2. The lowest BCUT2D eigenvalue weighted by Crippen LogP contribution is -2.32. The minimum atomic E-state index is -2.75. The third kappa shape index (κ3) is 2.64. The molecule has 16 heavy (non-hydrogen) atoms. The molecule has 0 amide bonds. The van der Waals surface area contributed by atoms with Gasteiger partial charge in [0.15, 0.2) is 0 Å². The van der Waals surface area contributed by atoms with Crippen molar-refractivity contribution in [2.24, 2.45) is 5.92 Å². The third-order valence-electron chi connectivity index (χ3n) is 3.23. The van der Waals surface area contributed by atoms with Crippen LogP contribution in [0, 0.1) is 5.92 Å². The lowest BCUT2D eigenvalue weighted by Gasteiger charge is -2.29. The van der Waals surface area contributed by atoms with Crippen LogP contribution in [-0.2, 0) is 9.84 Å². The summed E-state index contributed by atoms with van der Waals surface area (Å²) < 4.78 is 22.8. The fraction of sp³-hybridized carbons (Fsp3) is 0.636. The van der Waals surface area contributed by atoms with Gasteiger partial charge in [0.05, 0.1) is 11.5 Å². The smallest absolute Gasteiger partial charge is 0.150 e.